The van der Waals surface area contributed by atoms with Gasteiger partial charge in [0.2, 0.25) is 0 Å². The SMILES string of the molecule is CCN(CC(C)(C)CN)c1cc(OC)cc([N+](=O)[O-])c1. The molecule has 0 saturated carbocycles. The van der Waals surface area contributed by atoms with Crippen molar-refractivity contribution in [2.75, 3.05) is 31.6 Å². The van der Waals surface area contributed by atoms with E-state index in [1.165, 1.54) is 13.2 Å². The van der Waals surface area contributed by atoms with E-state index in [0.29, 0.717) is 12.3 Å². The lowest BCUT2D eigenvalue weighted by molar-refractivity contribution is -0.384. The Morgan fingerprint density at radius 2 is 2.05 bits per heavy atom. The van der Waals surface area contributed by atoms with Gasteiger partial charge < -0.3 is 15.4 Å². The van der Waals surface area contributed by atoms with Gasteiger partial charge in [-0.1, -0.05) is 13.8 Å². The van der Waals surface area contributed by atoms with E-state index in [-0.39, 0.29) is 11.1 Å². The highest BCUT2D eigenvalue weighted by atomic mass is 16.6. The van der Waals surface area contributed by atoms with Crippen LogP contribution in [0.3, 0.4) is 0 Å². The van der Waals surface area contributed by atoms with Crippen molar-refractivity contribution in [3.63, 3.8) is 0 Å². The summed E-state index contributed by atoms with van der Waals surface area (Å²) in [6, 6.07) is 4.80. The van der Waals surface area contributed by atoms with Crippen LogP contribution >= 0.6 is 0 Å². The fourth-order valence-electron chi connectivity index (χ4n) is 1.94. The van der Waals surface area contributed by atoms with E-state index >= 15 is 0 Å². The molecule has 0 bridgehead atoms. The van der Waals surface area contributed by atoms with Crippen LogP contribution in [0.5, 0.6) is 5.75 Å². The third-order valence-corrected chi connectivity index (χ3v) is 3.24. The molecule has 0 aromatic heterocycles. The lowest BCUT2D eigenvalue weighted by Crippen LogP contribution is -2.38. The second kappa shape index (κ2) is 6.56. The number of nitro benzene ring substituents is 1. The van der Waals surface area contributed by atoms with Gasteiger partial charge in [-0.2, -0.15) is 0 Å². The molecule has 0 aliphatic carbocycles. The number of nitrogens with two attached hydrogens (primary N) is 1. The summed E-state index contributed by atoms with van der Waals surface area (Å²) in [7, 11) is 1.50. The van der Waals surface area contributed by atoms with Gasteiger partial charge >= 0.3 is 0 Å². The lowest BCUT2D eigenvalue weighted by atomic mass is 9.93. The molecular formula is C14H23N3O3. The Kier molecular flexibility index (Phi) is 5.33. The average Bonchev–Trinajstić information content (AvgIpc) is 2.44. The van der Waals surface area contributed by atoms with E-state index in [1.807, 2.05) is 13.0 Å². The Labute approximate surface area is 119 Å². The molecule has 0 atom stereocenters. The van der Waals surface area contributed by atoms with Gasteiger partial charge in [0.1, 0.15) is 5.75 Å². The van der Waals surface area contributed by atoms with Crippen LogP contribution in [0.2, 0.25) is 0 Å². The molecule has 2 N–H and O–H groups in total. The average molecular weight is 281 g/mol. The number of non-ortho nitro benzene ring substituents is 1. The number of nitrogens with zero attached hydrogens (tertiary/aromatic N) is 2. The van der Waals surface area contributed by atoms with Gasteiger partial charge in [0.15, 0.2) is 0 Å². The van der Waals surface area contributed by atoms with Crippen LogP contribution < -0.4 is 15.4 Å². The second-order valence-electron chi connectivity index (χ2n) is 5.53. The van der Waals surface area contributed by atoms with Crippen LogP contribution in [0.25, 0.3) is 0 Å². The molecule has 1 aromatic rings. The van der Waals surface area contributed by atoms with Gasteiger partial charge in [0.25, 0.3) is 5.69 Å². The number of hydrogen-bond acceptors (Lipinski definition) is 5. The molecule has 6 heteroatoms. The summed E-state index contributed by atoms with van der Waals surface area (Å²) in [5.74, 6) is 0.484. The molecule has 0 aliphatic rings. The Balaban J connectivity index is 3.14. The number of anilines is 1. The maximum atomic E-state index is 11.0. The third kappa shape index (κ3) is 4.09. The molecular weight excluding hydrogens is 258 g/mol. The third-order valence-electron chi connectivity index (χ3n) is 3.24. The summed E-state index contributed by atoms with van der Waals surface area (Å²) in [6.45, 7) is 8.18. The van der Waals surface area contributed by atoms with Crippen molar-refractivity contribution >= 4 is 11.4 Å². The smallest absolute Gasteiger partial charge is 0.275 e. The number of methoxy groups -OCH3 is 1. The first-order valence-electron chi connectivity index (χ1n) is 6.61. The number of hydrogen-bond donors (Lipinski definition) is 1. The van der Waals surface area contributed by atoms with E-state index < -0.39 is 4.92 Å². The molecule has 0 radical (unpaired) electrons. The van der Waals surface area contributed by atoms with Crippen molar-refractivity contribution in [2.45, 2.75) is 20.8 Å². The minimum Gasteiger partial charge on any atom is -0.496 e. The largest absolute Gasteiger partial charge is 0.496 e. The normalized spacial score (nSPS) is 11.2. The highest BCUT2D eigenvalue weighted by molar-refractivity contribution is 5.58. The molecule has 0 spiro atoms. The van der Waals surface area contributed by atoms with E-state index in [1.54, 1.807) is 6.07 Å². The van der Waals surface area contributed by atoms with Gasteiger partial charge in [-0.25, -0.2) is 0 Å². The summed E-state index contributed by atoms with van der Waals surface area (Å²) >= 11 is 0. The second-order valence-corrected chi connectivity index (χ2v) is 5.53. The van der Waals surface area contributed by atoms with Crippen molar-refractivity contribution in [3.05, 3.63) is 28.3 Å². The molecule has 0 fully saturated rings. The summed E-state index contributed by atoms with van der Waals surface area (Å²) in [5.41, 5.74) is 6.51. The van der Waals surface area contributed by atoms with Crippen LogP contribution in [-0.4, -0.2) is 31.7 Å². The maximum Gasteiger partial charge on any atom is 0.275 e. The first-order chi connectivity index (χ1) is 9.32. The van der Waals surface area contributed by atoms with E-state index in [4.69, 9.17) is 10.5 Å². The molecule has 112 valence electrons. The van der Waals surface area contributed by atoms with Crippen molar-refractivity contribution in [1.82, 2.24) is 0 Å². The van der Waals surface area contributed by atoms with Crippen LogP contribution in [0.15, 0.2) is 18.2 Å². The van der Waals surface area contributed by atoms with E-state index in [9.17, 15) is 10.1 Å². The van der Waals surface area contributed by atoms with Gasteiger partial charge in [-0.3, -0.25) is 10.1 Å². The number of benzene rings is 1. The maximum absolute atomic E-state index is 11.0. The van der Waals surface area contributed by atoms with Crippen LogP contribution in [0.1, 0.15) is 20.8 Å². The van der Waals surface area contributed by atoms with Gasteiger partial charge in [0, 0.05) is 30.9 Å². The zero-order valence-corrected chi connectivity index (χ0v) is 12.5. The minimum atomic E-state index is -0.409. The standard InChI is InChI=1S/C14H23N3O3/c1-5-16(10-14(2,3)9-15)11-6-12(17(18)19)8-13(7-11)20-4/h6-8H,5,9-10,15H2,1-4H3. The molecule has 0 aliphatic heterocycles. The highest BCUT2D eigenvalue weighted by Crippen LogP contribution is 2.30. The highest BCUT2D eigenvalue weighted by Gasteiger charge is 2.21. The fraction of sp³-hybridized carbons (Fsp3) is 0.571. The van der Waals surface area contributed by atoms with Crippen molar-refractivity contribution < 1.29 is 9.66 Å². The predicted molar refractivity (Wildman–Crippen MR) is 80.4 cm³/mol. The fourth-order valence-corrected chi connectivity index (χ4v) is 1.94. The molecule has 1 aromatic carbocycles. The van der Waals surface area contributed by atoms with Gasteiger partial charge in [-0.15, -0.1) is 0 Å². The summed E-state index contributed by atoms with van der Waals surface area (Å²) in [6.07, 6.45) is 0. The Morgan fingerprint density at radius 3 is 2.50 bits per heavy atom. The van der Waals surface area contributed by atoms with Crippen molar-refractivity contribution in [1.29, 1.82) is 0 Å². The summed E-state index contributed by atoms with van der Waals surface area (Å²) in [4.78, 5) is 12.6. The molecule has 1 rings (SSSR count). The lowest BCUT2D eigenvalue weighted by Gasteiger charge is -2.32. The van der Waals surface area contributed by atoms with Crippen molar-refractivity contribution in [2.24, 2.45) is 11.1 Å². The van der Waals surface area contributed by atoms with Crippen molar-refractivity contribution in [3.8, 4) is 5.75 Å². The molecule has 0 amide bonds. The van der Waals surface area contributed by atoms with Gasteiger partial charge in [-0.05, 0) is 18.9 Å². The Bertz CT molecular complexity index is 475. The Hall–Kier alpha value is -1.82. The molecule has 0 heterocycles. The van der Waals surface area contributed by atoms with E-state index in [0.717, 1.165) is 18.8 Å². The molecule has 20 heavy (non-hydrogen) atoms. The quantitative estimate of drug-likeness (QED) is 0.613. The van der Waals surface area contributed by atoms with Crippen LogP contribution in [-0.2, 0) is 0 Å². The predicted octanol–water partition coefficient (Wildman–Crippen LogP) is 2.41. The number of ether oxygens (including phenoxy) is 1. The topological polar surface area (TPSA) is 81.6 Å². The molecule has 0 saturated heterocycles. The minimum absolute atomic E-state index is 0.0309. The van der Waals surface area contributed by atoms with Crippen LogP contribution in [0, 0.1) is 15.5 Å². The Morgan fingerprint density at radius 1 is 1.40 bits per heavy atom. The monoisotopic (exact) mass is 281 g/mol. The first-order valence-corrected chi connectivity index (χ1v) is 6.61. The van der Waals surface area contributed by atoms with Crippen LogP contribution in [0.4, 0.5) is 11.4 Å². The van der Waals surface area contributed by atoms with Gasteiger partial charge in [0.05, 0.1) is 18.1 Å². The molecule has 0 unspecified atom stereocenters. The van der Waals surface area contributed by atoms with E-state index in [2.05, 4.69) is 18.7 Å². The summed E-state index contributed by atoms with van der Waals surface area (Å²) in [5, 5.41) is 11.0. The first kappa shape index (κ1) is 16.2. The zero-order chi connectivity index (χ0) is 15.3. The zero-order valence-electron chi connectivity index (χ0n) is 12.5. The molecule has 6 nitrogen and oxygen atoms in total. The summed E-state index contributed by atoms with van der Waals surface area (Å²) < 4.78 is 5.14. The number of nitro groups is 1. The number of rotatable bonds is 7.